The summed E-state index contributed by atoms with van der Waals surface area (Å²) < 4.78 is 1.55. The third kappa shape index (κ3) is 4.12. The third-order valence-electron chi connectivity index (χ3n) is 1.59. The van der Waals surface area contributed by atoms with Crippen LogP contribution in [-0.2, 0) is 11.8 Å². The lowest BCUT2D eigenvalue weighted by atomic mass is 10.4. The van der Waals surface area contributed by atoms with Gasteiger partial charge in [0.05, 0.1) is 18.3 Å². The molecule has 3 N–H and O–H groups in total. The average Bonchev–Trinajstić information content (AvgIpc) is 2.50. The summed E-state index contributed by atoms with van der Waals surface area (Å²) in [7, 11) is 1.73. The Balaban J connectivity index is 2.27. The first-order valence-electron chi connectivity index (χ1n) is 4.33. The Hall–Kier alpha value is -2.05. The molecule has 0 aliphatic carbocycles. The molecule has 0 bridgehead atoms. The van der Waals surface area contributed by atoms with Gasteiger partial charge in [0.1, 0.15) is 0 Å². The molecule has 0 spiro atoms. The van der Waals surface area contributed by atoms with Crippen molar-refractivity contribution in [2.45, 2.75) is 6.42 Å². The normalized spacial score (nSPS) is 9.67. The van der Waals surface area contributed by atoms with Crippen LogP contribution in [0.4, 0.5) is 10.5 Å². The molecule has 7 nitrogen and oxygen atoms in total. The molecule has 7 heteroatoms. The maximum absolute atomic E-state index is 11.2. The largest absolute Gasteiger partial charge is 0.481 e. The summed E-state index contributed by atoms with van der Waals surface area (Å²) in [5.41, 5.74) is 0.560. The second-order valence-corrected chi connectivity index (χ2v) is 2.93. The minimum Gasteiger partial charge on any atom is -0.481 e. The standard InChI is InChI=1S/C8H12N4O3/c1-12-5-6(4-10-12)11-8(15)9-3-2-7(13)14/h4-5H,2-3H2,1H3,(H,13,14)(H2,9,11,15). The predicted octanol–water partition coefficient (Wildman–Crippen LogP) is 0.0163. The van der Waals surface area contributed by atoms with Gasteiger partial charge in [-0.2, -0.15) is 5.10 Å². The Kier molecular flexibility index (Phi) is 3.67. The molecule has 1 aromatic rings. The van der Waals surface area contributed by atoms with Gasteiger partial charge in [-0.25, -0.2) is 4.79 Å². The van der Waals surface area contributed by atoms with Crippen molar-refractivity contribution in [1.29, 1.82) is 0 Å². The van der Waals surface area contributed by atoms with Crippen molar-refractivity contribution in [3.63, 3.8) is 0 Å². The number of nitrogens with one attached hydrogen (secondary N) is 2. The number of aryl methyl sites for hydroxylation is 1. The molecule has 0 aliphatic rings. The van der Waals surface area contributed by atoms with Gasteiger partial charge < -0.3 is 15.7 Å². The van der Waals surface area contributed by atoms with E-state index in [9.17, 15) is 9.59 Å². The number of carbonyl (C=O) groups is 2. The summed E-state index contributed by atoms with van der Waals surface area (Å²) in [5.74, 6) is -0.948. The highest BCUT2D eigenvalue weighted by Crippen LogP contribution is 2.02. The average molecular weight is 212 g/mol. The van der Waals surface area contributed by atoms with Crippen molar-refractivity contribution < 1.29 is 14.7 Å². The van der Waals surface area contributed by atoms with Crippen LogP contribution in [0.2, 0.25) is 0 Å². The zero-order valence-electron chi connectivity index (χ0n) is 8.23. The van der Waals surface area contributed by atoms with Gasteiger partial charge >= 0.3 is 12.0 Å². The van der Waals surface area contributed by atoms with Crippen LogP contribution < -0.4 is 10.6 Å². The molecule has 0 unspecified atom stereocenters. The number of amides is 2. The number of aliphatic carboxylic acids is 1. The number of nitrogens with zero attached hydrogens (tertiary/aromatic N) is 2. The van der Waals surface area contributed by atoms with Crippen LogP contribution in [0.15, 0.2) is 12.4 Å². The Labute approximate surface area is 86.1 Å². The second-order valence-electron chi connectivity index (χ2n) is 2.93. The van der Waals surface area contributed by atoms with Crippen LogP contribution in [0.5, 0.6) is 0 Å². The van der Waals surface area contributed by atoms with E-state index in [0.29, 0.717) is 5.69 Å². The highest BCUT2D eigenvalue weighted by atomic mass is 16.4. The van der Waals surface area contributed by atoms with Gasteiger partial charge in [0, 0.05) is 19.8 Å². The van der Waals surface area contributed by atoms with Crippen LogP contribution in [0.1, 0.15) is 6.42 Å². The van der Waals surface area contributed by atoms with Crippen LogP contribution in [0.3, 0.4) is 0 Å². The van der Waals surface area contributed by atoms with E-state index in [2.05, 4.69) is 15.7 Å². The molecule has 1 rings (SSSR count). The number of carbonyl (C=O) groups excluding carboxylic acids is 1. The number of carboxylic acids is 1. The fourth-order valence-electron chi connectivity index (χ4n) is 0.944. The lowest BCUT2D eigenvalue weighted by Gasteiger charge is -2.03. The molecule has 0 radical (unpaired) electrons. The van der Waals surface area contributed by atoms with E-state index in [0.717, 1.165) is 0 Å². The molecule has 0 saturated carbocycles. The minimum absolute atomic E-state index is 0.0968. The number of carboxylic acid groups (broad SMARTS) is 1. The molecule has 2 amide bonds. The topological polar surface area (TPSA) is 96.2 Å². The highest BCUT2D eigenvalue weighted by Gasteiger charge is 2.03. The summed E-state index contributed by atoms with van der Waals surface area (Å²) in [5, 5.41) is 17.1. The maximum atomic E-state index is 11.2. The Morgan fingerprint density at radius 2 is 2.33 bits per heavy atom. The summed E-state index contributed by atoms with van der Waals surface area (Å²) in [6.45, 7) is 0.0986. The first-order valence-corrected chi connectivity index (χ1v) is 4.33. The van der Waals surface area contributed by atoms with Crippen molar-refractivity contribution in [2.24, 2.45) is 7.05 Å². The number of hydrogen-bond acceptors (Lipinski definition) is 3. The molecule has 0 fully saturated rings. The van der Waals surface area contributed by atoms with Crippen molar-refractivity contribution in [3.05, 3.63) is 12.4 Å². The number of rotatable bonds is 4. The van der Waals surface area contributed by atoms with E-state index in [1.54, 1.807) is 17.9 Å². The maximum Gasteiger partial charge on any atom is 0.319 e. The van der Waals surface area contributed by atoms with Crippen LogP contribution in [0, 0.1) is 0 Å². The van der Waals surface area contributed by atoms with Crippen molar-refractivity contribution in [1.82, 2.24) is 15.1 Å². The SMILES string of the molecule is Cn1cc(NC(=O)NCCC(=O)O)cn1. The molecule has 0 atom stereocenters. The van der Waals surface area contributed by atoms with Crippen LogP contribution in [0.25, 0.3) is 0 Å². The summed E-state index contributed by atoms with van der Waals surface area (Å²) in [6.07, 6.45) is 3.04. The number of urea groups is 1. The van der Waals surface area contributed by atoms with E-state index in [-0.39, 0.29) is 13.0 Å². The molecule has 0 aliphatic heterocycles. The molecule has 0 saturated heterocycles. The molecule has 82 valence electrons. The predicted molar refractivity (Wildman–Crippen MR) is 52.5 cm³/mol. The fraction of sp³-hybridized carbons (Fsp3) is 0.375. The minimum atomic E-state index is -0.948. The van der Waals surface area contributed by atoms with E-state index >= 15 is 0 Å². The molecule has 15 heavy (non-hydrogen) atoms. The second kappa shape index (κ2) is 4.99. The summed E-state index contributed by atoms with van der Waals surface area (Å²) in [4.78, 5) is 21.3. The van der Waals surface area contributed by atoms with Crippen molar-refractivity contribution in [3.8, 4) is 0 Å². The first-order chi connectivity index (χ1) is 7.08. The molecule has 1 heterocycles. The summed E-state index contributed by atoms with van der Waals surface area (Å²) >= 11 is 0. The first kappa shape index (κ1) is 11.0. The number of anilines is 1. The van der Waals surface area contributed by atoms with Gasteiger partial charge in [-0.05, 0) is 0 Å². The third-order valence-corrected chi connectivity index (χ3v) is 1.59. The Bertz CT molecular complexity index is 361. The monoisotopic (exact) mass is 212 g/mol. The van der Waals surface area contributed by atoms with E-state index in [1.807, 2.05) is 0 Å². The Morgan fingerprint density at radius 3 is 2.87 bits per heavy atom. The number of aromatic nitrogens is 2. The lowest BCUT2D eigenvalue weighted by Crippen LogP contribution is -2.30. The van der Waals surface area contributed by atoms with Gasteiger partial charge in [-0.3, -0.25) is 9.48 Å². The van der Waals surface area contributed by atoms with E-state index in [4.69, 9.17) is 5.11 Å². The van der Waals surface area contributed by atoms with Crippen LogP contribution >= 0.6 is 0 Å². The smallest absolute Gasteiger partial charge is 0.319 e. The van der Waals surface area contributed by atoms with Gasteiger partial charge in [0.2, 0.25) is 0 Å². The molecular formula is C8H12N4O3. The fourth-order valence-corrected chi connectivity index (χ4v) is 0.944. The lowest BCUT2D eigenvalue weighted by molar-refractivity contribution is -0.136. The van der Waals surface area contributed by atoms with Gasteiger partial charge in [-0.15, -0.1) is 0 Å². The number of hydrogen-bond donors (Lipinski definition) is 3. The van der Waals surface area contributed by atoms with Gasteiger partial charge in [-0.1, -0.05) is 0 Å². The van der Waals surface area contributed by atoms with Gasteiger partial charge in [0.15, 0.2) is 0 Å². The van der Waals surface area contributed by atoms with Crippen molar-refractivity contribution in [2.75, 3.05) is 11.9 Å². The molecular weight excluding hydrogens is 200 g/mol. The molecule has 1 aromatic heterocycles. The molecule has 0 aromatic carbocycles. The van der Waals surface area contributed by atoms with Crippen LogP contribution in [-0.4, -0.2) is 33.4 Å². The van der Waals surface area contributed by atoms with Crippen molar-refractivity contribution >= 4 is 17.7 Å². The van der Waals surface area contributed by atoms with E-state index < -0.39 is 12.0 Å². The highest BCUT2D eigenvalue weighted by molar-refractivity contribution is 5.89. The summed E-state index contributed by atoms with van der Waals surface area (Å²) in [6, 6.07) is -0.441. The zero-order valence-corrected chi connectivity index (χ0v) is 8.23. The van der Waals surface area contributed by atoms with Gasteiger partial charge in [0.25, 0.3) is 0 Å². The quantitative estimate of drug-likeness (QED) is 0.655. The Morgan fingerprint density at radius 1 is 1.60 bits per heavy atom. The zero-order chi connectivity index (χ0) is 11.3. The van der Waals surface area contributed by atoms with E-state index in [1.165, 1.54) is 6.20 Å².